The zero-order valence-electron chi connectivity index (χ0n) is 11.3. The summed E-state index contributed by atoms with van der Waals surface area (Å²) in [4.78, 5) is 12.4. The van der Waals surface area contributed by atoms with Crippen LogP contribution in [0.1, 0.15) is 13.8 Å². The van der Waals surface area contributed by atoms with Gasteiger partial charge in [0, 0.05) is 32.2 Å². The Hall–Kier alpha value is -1.43. The predicted molar refractivity (Wildman–Crippen MR) is 70.4 cm³/mol. The number of rotatable bonds is 2. The van der Waals surface area contributed by atoms with Gasteiger partial charge in [0.2, 0.25) is 5.95 Å². The second-order valence-electron chi connectivity index (χ2n) is 4.88. The fraction of sp³-hybridized carbons (Fsp3) is 0.667. The zero-order valence-corrected chi connectivity index (χ0v) is 11.3. The molecule has 1 aromatic rings. The Balaban J connectivity index is 2.26. The second-order valence-corrected chi connectivity index (χ2v) is 4.88. The van der Waals surface area contributed by atoms with Gasteiger partial charge >= 0.3 is 0 Å². The molecular formula is C12H20FN5. The topological polar surface area (TPSA) is 44.3 Å². The largest absolute Gasteiger partial charge is 0.357 e. The summed E-state index contributed by atoms with van der Waals surface area (Å²) in [7, 11) is 3.83. The fourth-order valence-electron chi connectivity index (χ4n) is 2.28. The van der Waals surface area contributed by atoms with Gasteiger partial charge in [-0.25, -0.2) is 9.37 Å². The lowest BCUT2D eigenvalue weighted by atomic mass is 10.1. The second kappa shape index (κ2) is 5.06. The molecule has 0 amide bonds. The van der Waals surface area contributed by atoms with Crippen LogP contribution in [0.25, 0.3) is 0 Å². The molecule has 0 aromatic carbocycles. The van der Waals surface area contributed by atoms with Gasteiger partial charge < -0.3 is 10.2 Å². The minimum Gasteiger partial charge on any atom is -0.357 e. The highest BCUT2D eigenvalue weighted by atomic mass is 19.1. The number of halogens is 1. The number of piperazine rings is 1. The molecule has 100 valence electrons. The molecule has 2 atom stereocenters. The highest BCUT2D eigenvalue weighted by Gasteiger charge is 2.28. The lowest BCUT2D eigenvalue weighted by Crippen LogP contribution is -2.55. The van der Waals surface area contributed by atoms with E-state index in [0.29, 0.717) is 23.8 Å². The molecule has 2 unspecified atom stereocenters. The summed E-state index contributed by atoms with van der Waals surface area (Å²) >= 11 is 0. The van der Waals surface area contributed by atoms with E-state index in [1.54, 1.807) is 7.05 Å². The molecule has 1 N–H and O–H groups in total. The normalized spacial score (nSPS) is 25.3. The molecule has 1 aromatic heterocycles. The highest BCUT2D eigenvalue weighted by molar-refractivity contribution is 5.44. The number of nitrogens with one attached hydrogen (secondary N) is 1. The third kappa shape index (κ3) is 2.38. The van der Waals surface area contributed by atoms with Crippen molar-refractivity contribution in [2.45, 2.75) is 25.9 Å². The van der Waals surface area contributed by atoms with Crippen LogP contribution in [0.3, 0.4) is 0 Å². The summed E-state index contributed by atoms with van der Waals surface area (Å²) in [6.07, 6.45) is 1.22. The van der Waals surface area contributed by atoms with Crippen LogP contribution in [0.5, 0.6) is 0 Å². The lowest BCUT2D eigenvalue weighted by molar-refractivity contribution is 0.169. The Morgan fingerprint density at radius 3 is 2.50 bits per heavy atom. The first-order chi connectivity index (χ1) is 8.52. The number of hydrogen-bond acceptors (Lipinski definition) is 5. The van der Waals surface area contributed by atoms with Gasteiger partial charge in [-0.1, -0.05) is 0 Å². The summed E-state index contributed by atoms with van der Waals surface area (Å²) in [5.74, 6) is 0.477. The smallest absolute Gasteiger partial charge is 0.224 e. The number of hydrogen-bond donors (Lipinski definition) is 1. The first-order valence-corrected chi connectivity index (χ1v) is 6.20. The van der Waals surface area contributed by atoms with E-state index in [-0.39, 0.29) is 5.82 Å². The summed E-state index contributed by atoms with van der Waals surface area (Å²) in [6, 6.07) is 0.752. The molecule has 0 spiro atoms. The van der Waals surface area contributed by atoms with E-state index in [2.05, 4.69) is 41.1 Å². The van der Waals surface area contributed by atoms with E-state index in [4.69, 9.17) is 0 Å². The molecule has 2 heterocycles. The lowest BCUT2D eigenvalue weighted by Gasteiger charge is -2.42. The number of anilines is 2. The first kappa shape index (κ1) is 13.0. The minimum absolute atomic E-state index is 0.363. The van der Waals surface area contributed by atoms with Crippen LogP contribution in [-0.4, -0.2) is 54.1 Å². The van der Waals surface area contributed by atoms with Gasteiger partial charge in [0.15, 0.2) is 11.6 Å². The average Bonchev–Trinajstić information content (AvgIpc) is 2.36. The van der Waals surface area contributed by atoms with Gasteiger partial charge in [0.1, 0.15) is 0 Å². The number of aromatic nitrogens is 2. The van der Waals surface area contributed by atoms with Crippen LogP contribution in [0, 0.1) is 5.82 Å². The van der Waals surface area contributed by atoms with E-state index >= 15 is 0 Å². The van der Waals surface area contributed by atoms with Crippen LogP contribution in [0.2, 0.25) is 0 Å². The van der Waals surface area contributed by atoms with Crippen molar-refractivity contribution < 1.29 is 4.39 Å². The number of nitrogens with zero attached hydrogens (tertiary/aromatic N) is 4. The minimum atomic E-state index is -0.363. The quantitative estimate of drug-likeness (QED) is 0.857. The van der Waals surface area contributed by atoms with Crippen LogP contribution in [0.15, 0.2) is 6.20 Å². The van der Waals surface area contributed by atoms with Crippen LogP contribution >= 0.6 is 0 Å². The molecular weight excluding hydrogens is 233 g/mol. The van der Waals surface area contributed by atoms with Crippen molar-refractivity contribution in [1.29, 1.82) is 0 Å². The van der Waals surface area contributed by atoms with Crippen molar-refractivity contribution in [3.8, 4) is 0 Å². The summed E-state index contributed by atoms with van der Waals surface area (Å²) < 4.78 is 13.8. The van der Waals surface area contributed by atoms with Gasteiger partial charge in [-0.2, -0.15) is 4.98 Å². The molecule has 6 heteroatoms. The Morgan fingerprint density at radius 1 is 1.33 bits per heavy atom. The van der Waals surface area contributed by atoms with Crippen molar-refractivity contribution in [3.63, 3.8) is 0 Å². The van der Waals surface area contributed by atoms with Crippen molar-refractivity contribution in [1.82, 2.24) is 14.9 Å². The molecule has 0 radical (unpaired) electrons. The standard InChI is InChI=1S/C12H20FN5/c1-8-6-18(7-9(2)17(8)4)11-10(13)5-15-12(14-3)16-11/h5,8-9H,6-7H2,1-4H3,(H,14,15,16). The van der Waals surface area contributed by atoms with E-state index in [0.717, 1.165) is 13.1 Å². The molecule has 5 nitrogen and oxygen atoms in total. The van der Waals surface area contributed by atoms with Crippen molar-refractivity contribution >= 4 is 11.8 Å². The van der Waals surface area contributed by atoms with Gasteiger partial charge in [0.05, 0.1) is 6.20 Å². The molecule has 1 aliphatic heterocycles. The molecule has 1 saturated heterocycles. The average molecular weight is 253 g/mol. The summed E-state index contributed by atoms with van der Waals surface area (Å²) in [5.41, 5.74) is 0. The zero-order chi connectivity index (χ0) is 13.3. The maximum atomic E-state index is 13.8. The van der Waals surface area contributed by atoms with Gasteiger partial charge in [-0.3, -0.25) is 4.90 Å². The van der Waals surface area contributed by atoms with Crippen molar-refractivity contribution in [2.24, 2.45) is 0 Å². The van der Waals surface area contributed by atoms with Crippen LogP contribution in [0.4, 0.5) is 16.2 Å². The van der Waals surface area contributed by atoms with Gasteiger partial charge in [-0.15, -0.1) is 0 Å². The van der Waals surface area contributed by atoms with E-state index in [1.165, 1.54) is 6.20 Å². The van der Waals surface area contributed by atoms with E-state index in [1.807, 2.05) is 4.90 Å². The third-order valence-electron chi connectivity index (χ3n) is 3.61. The molecule has 18 heavy (non-hydrogen) atoms. The molecule has 1 aliphatic rings. The maximum absolute atomic E-state index is 13.8. The first-order valence-electron chi connectivity index (χ1n) is 6.20. The SMILES string of the molecule is CNc1ncc(F)c(N2CC(C)N(C)C(C)C2)n1. The maximum Gasteiger partial charge on any atom is 0.224 e. The highest BCUT2D eigenvalue weighted by Crippen LogP contribution is 2.22. The predicted octanol–water partition coefficient (Wildman–Crippen LogP) is 1.19. The molecule has 0 bridgehead atoms. The Morgan fingerprint density at radius 2 is 1.94 bits per heavy atom. The summed E-state index contributed by atoms with van der Waals surface area (Å²) in [5, 5.41) is 2.84. The van der Waals surface area contributed by atoms with E-state index < -0.39 is 0 Å². The Kier molecular flexibility index (Phi) is 3.65. The fourth-order valence-corrected chi connectivity index (χ4v) is 2.28. The van der Waals surface area contributed by atoms with Crippen molar-refractivity contribution in [3.05, 3.63) is 12.0 Å². The Bertz CT molecular complexity index is 413. The van der Waals surface area contributed by atoms with Crippen LogP contribution in [-0.2, 0) is 0 Å². The molecule has 1 fully saturated rings. The van der Waals surface area contributed by atoms with Crippen molar-refractivity contribution in [2.75, 3.05) is 37.4 Å². The van der Waals surface area contributed by atoms with E-state index in [9.17, 15) is 4.39 Å². The van der Waals surface area contributed by atoms with Gasteiger partial charge in [-0.05, 0) is 20.9 Å². The third-order valence-corrected chi connectivity index (χ3v) is 3.61. The monoisotopic (exact) mass is 253 g/mol. The number of likely N-dealkylation sites (N-methyl/N-ethyl adjacent to an activating group) is 1. The molecule has 2 rings (SSSR count). The summed E-state index contributed by atoms with van der Waals surface area (Å²) in [6.45, 7) is 5.83. The van der Waals surface area contributed by atoms with Crippen LogP contribution < -0.4 is 10.2 Å². The molecule has 0 saturated carbocycles. The molecule has 0 aliphatic carbocycles. The Labute approximate surface area is 107 Å². The van der Waals surface area contributed by atoms with Gasteiger partial charge in [0.25, 0.3) is 0 Å².